The second kappa shape index (κ2) is 6.11. The van der Waals surface area contributed by atoms with Crippen molar-refractivity contribution in [3.63, 3.8) is 0 Å². The molecule has 0 amide bonds. The number of aryl methyl sites for hydroxylation is 1. The van der Waals surface area contributed by atoms with E-state index in [0.717, 1.165) is 22.5 Å². The van der Waals surface area contributed by atoms with Gasteiger partial charge in [0.2, 0.25) is 0 Å². The first-order valence-corrected chi connectivity index (χ1v) is 6.81. The third-order valence-corrected chi connectivity index (χ3v) is 3.33. The standard InChI is InChI=1S/C15H15ClN2OS/c1-9-3-5-11(15(17)20)12(7-9)18-13-8-10(16)4-6-14(13)19-2/h3-8,18H,1-2H3,(H2,17,20). The Labute approximate surface area is 128 Å². The number of rotatable bonds is 4. The molecule has 2 aromatic rings. The molecule has 0 saturated carbocycles. The third-order valence-electron chi connectivity index (χ3n) is 2.87. The fourth-order valence-electron chi connectivity index (χ4n) is 1.90. The highest BCUT2D eigenvalue weighted by molar-refractivity contribution is 7.80. The Morgan fingerprint density at radius 2 is 1.95 bits per heavy atom. The van der Waals surface area contributed by atoms with Crippen LogP contribution >= 0.6 is 23.8 Å². The van der Waals surface area contributed by atoms with Crippen molar-refractivity contribution in [2.45, 2.75) is 6.92 Å². The molecule has 2 rings (SSSR count). The number of halogens is 1. The van der Waals surface area contributed by atoms with Gasteiger partial charge >= 0.3 is 0 Å². The molecule has 0 aliphatic rings. The van der Waals surface area contributed by atoms with E-state index in [-0.39, 0.29) is 0 Å². The first-order valence-electron chi connectivity index (χ1n) is 6.02. The zero-order valence-electron chi connectivity index (χ0n) is 11.2. The molecule has 0 fully saturated rings. The summed E-state index contributed by atoms with van der Waals surface area (Å²) < 4.78 is 5.32. The lowest BCUT2D eigenvalue weighted by atomic mass is 10.1. The highest BCUT2D eigenvalue weighted by atomic mass is 35.5. The fraction of sp³-hybridized carbons (Fsp3) is 0.133. The SMILES string of the molecule is COc1ccc(Cl)cc1Nc1cc(C)ccc1C(N)=S. The first-order chi connectivity index (χ1) is 9.51. The average molecular weight is 307 g/mol. The first kappa shape index (κ1) is 14.6. The molecule has 0 bridgehead atoms. The summed E-state index contributed by atoms with van der Waals surface area (Å²) in [6.07, 6.45) is 0. The Bertz CT molecular complexity index is 658. The van der Waals surface area contributed by atoms with Crippen molar-refractivity contribution in [2.75, 3.05) is 12.4 Å². The van der Waals surface area contributed by atoms with Crippen LogP contribution in [0.1, 0.15) is 11.1 Å². The Morgan fingerprint density at radius 3 is 2.60 bits per heavy atom. The van der Waals surface area contributed by atoms with Crippen molar-refractivity contribution in [1.82, 2.24) is 0 Å². The molecule has 0 saturated heterocycles. The van der Waals surface area contributed by atoms with Gasteiger partial charge in [-0.25, -0.2) is 0 Å². The summed E-state index contributed by atoms with van der Waals surface area (Å²) in [5.74, 6) is 0.699. The molecule has 0 radical (unpaired) electrons. The van der Waals surface area contributed by atoms with Gasteiger partial charge < -0.3 is 15.8 Å². The van der Waals surface area contributed by atoms with Crippen molar-refractivity contribution in [2.24, 2.45) is 5.73 Å². The summed E-state index contributed by atoms with van der Waals surface area (Å²) in [5, 5.41) is 3.90. The van der Waals surface area contributed by atoms with Crippen LogP contribution in [-0.2, 0) is 0 Å². The zero-order chi connectivity index (χ0) is 14.7. The molecule has 0 atom stereocenters. The number of thiocarbonyl (C=S) groups is 1. The van der Waals surface area contributed by atoms with Gasteiger partial charge in [0.25, 0.3) is 0 Å². The fourth-order valence-corrected chi connectivity index (χ4v) is 2.25. The second-order valence-electron chi connectivity index (χ2n) is 4.38. The summed E-state index contributed by atoms with van der Waals surface area (Å²) in [7, 11) is 1.61. The van der Waals surface area contributed by atoms with Gasteiger partial charge in [-0.2, -0.15) is 0 Å². The van der Waals surface area contributed by atoms with Crippen molar-refractivity contribution in [3.8, 4) is 5.75 Å². The van der Waals surface area contributed by atoms with E-state index < -0.39 is 0 Å². The normalized spacial score (nSPS) is 10.2. The molecule has 20 heavy (non-hydrogen) atoms. The van der Waals surface area contributed by atoms with Crippen molar-refractivity contribution in [3.05, 3.63) is 52.5 Å². The van der Waals surface area contributed by atoms with E-state index in [1.54, 1.807) is 25.3 Å². The van der Waals surface area contributed by atoms with E-state index in [9.17, 15) is 0 Å². The number of nitrogens with two attached hydrogens (primary N) is 1. The molecule has 3 nitrogen and oxygen atoms in total. The Hall–Kier alpha value is -1.78. The summed E-state index contributed by atoms with van der Waals surface area (Å²) in [6, 6.07) is 11.2. The van der Waals surface area contributed by atoms with E-state index in [0.29, 0.717) is 15.8 Å². The topological polar surface area (TPSA) is 47.3 Å². The minimum Gasteiger partial charge on any atom is -0.495 e. The number of hydrogen-bond acceptors (Lipinski definition) is 3. The number of benzene rings is 2. The van der Waals surface area contributed by atoms with Gasteiger partial charge in [-0.15, -0.1) is 0 Å². The summed E-state index contributed by atoms with van der Waals surface area (Å²) in [4.78, 5) is 0.341. The lowest BCUT2D eigenvalue weighted by Gasteiger charge is -2.15. The number of anilines is 2. The van der Waals surface area contributed by atoms with Gasteiger partial charge in [-0.1, -0.05) is 29.9 Å². The number of methoxy groups -OCH3 is 1. The minimum absolute atomic E-state index is 0.341. The quantitative estimate of drug-likeness (QED) is 0.837. The largest absolute Gasteiger partial charge is 0.495 e. The van der Waals surface area contributed by atoms with Crippen molar-refractivity contribution >= 4 is 40.2 Å². The van der Waals surface area contributed by atoms with E-state index in [2.05, 4.69) is 5.32 Å². The van der Waals surface area contributed by atoms with Crippen LogP contribution in [-0.4, -0.2) is 12.1 Å². The van der Waals surface area contributed by atoms with E-state index >= 15 is 0 Å². The van der Waals surface area contributed by atoms with Crippen LogP contribution in [0, 0.1) is 6.92 Å². The van der Waals surface area contributed by atoms with Crippen LogP contribution < -0.4 is 15.8 Å². The summed E-state index contributed by atoms with van der Waals surface area (Å²) in [5.41, 5.74) is 9.24. The Balaban J connectivity index is 2.46. The smallest absolute Gasteiger partial charge is 0.142 e. The van der Waals surface area contributed by atoms with Crippen molar-refractivity contribution < 1.29 is 4.74 Å². The molecule has 0 heterocycles. The van der Waals surface area contributed by atoms with E-state index in [1.807, 2.05) is 25.1 Å². The molecule has 0 aromatic heterocycles. The molecule has 0 aliphatic heterocycles. The summed E-state index contributed by atoms with van der Waals surface area (Å²) in [6.45, 7) is 2.00. The molecule has 0 aliphatic carbocycles. The Morgan fingerprint density at radius 1 is 1.20 bits per heavy atom. The van der Waals surface area contributed by atoms with Crippen LogP contribution in [0.15, 0.2) is 36.4 Å². The van der Waals surface area contributed by atoms with Crippen LogP contribution in [0.4, 0.5) is 11.4 Å². The van der Waals surface area contributed by atoms with E-state index in [4.69, 9.17) is 34.3 Å². The predicted molar refractivity (Wildman–Crippen MR) is 88.4 cm³/mol. The molecular formula is C15H15ClN2OS. The van der Waals surface area contributed by atoms with Crippen molar-refractivity contribution in [1.29, 1.82) is 0 Å². The molecule has 5 heteroatoms. The number of hydrogen-bond donors (Lipinski definition) is 2. The summed E-state index contributed by atoms with van der Waals surface area (Å²) >= 11 is 11.1. The molecule has 0 spiro atoms. The average Bonchev–Trinajstić information content (AvgIpc) is 2.38. The highest BCUT2D eigenvalue weighted by Gasteiger charge is 2.09. The molecule has 3 N–H and O–H groups in total. The van der Waals surface area contributed by atoms with Crippen LogP contribution in [0.3, 0.4) is 0 Å². The van der Waals surface area contributed by atoms with Gasteiger partial charge in [-0.3, -0.25) is 0 Å². The zero-order valence-corrected chi connectivity index (χ0v) is 12.8. The number of ether oxygens (including phenoxy) is 1. The number of nitrogens with one attached hydrogen (secondary N) is 1. The maximum atomic E-state index is 6.03. The van der Waals surface area contributed by atoms with Gasteiger partial charge in [-0.05, 0) is 42.8 Å². The minimum atomic E-state index is 0.341. The highest BCUT2D eigenvalue weighted by Crippen LogP contribution is 2.32. The van der Waals surface area contributed by atoms with Crippen LogP contribution in [0.2, 0.25) is 5.02 Å². The molecule has 104 valence electrons. The van der Waals surface area contributed by atoms with Gasteiger partial charge in [0.15, 0.2) is 0 Å². The predicted octanol–water partition coefficient (Wildman–Crippen LogP) is 4.03. The third kappa shape index (κ3) is 3.21. The van der Waals surface area contributed by atoms with Crippen LogP contribution in [0.25, 0.3) is 0 Å². The van der Waals surface area contributed by atoms with Gasteiger partial charge in [0.05, 0.1) is 12.8 Å². The molecule has 0 unspecified atom stereocenters. The lowest BCUT2D eigenvalue weighted by Crippen LogP contribution is -2.12. The van der Waals surface area contributed by atoms with Gasteiger partial charge in [0, 0.05) is 16.3 Å². The second-order valence-corrected chi connectivity index (χ2v) is 5.26. The molecule has 2 aromatic carbocycles. The lowest BCUT2D eigenvalue weighted by molar-refractivity contribution is 0.417. The van der Waals surface area contributed by atoms with E-state index in [1.165, 1.54) is 0 Å². The Kier molecular flexibility index (Phi) is 4.47. The monoisotopic (exact) mass is 306 g/mol. The molecular weight excluding hydrogens is 292 g/mol. The maximum absolute atomic E-state index is 6.03. The maximum Gasteiger partial charge on any atom is 0.142 e. The van der Waals surface area contributed by atoms with Gasteiger partial charge in [0.1, 0.15) is 10.7 Å². The van der Waals surface area contributed by atoms with Crippen LogP contribution in [0.5, 0.6) is 5.75 Å².